The highest BCUT2D eigenvalue weighted by Gasteiger charge is 2.15. The van der Waals surface area contributed by atoms with Gasteiger partial charge in [-0.05, 0) is 23.4 Å². The number of carbonyl (C=O) groups excluding carboxylic acids is 1. The lowest BCUT2D eigenvalue weighted by Crippen LogP contribution is -2.10. The average molecular weight is 254 g/mol. The molecule has 0 saturated heterocycles. The molecule has 0 heterocycles. The standard InChI is InChI=1S/C15H14N2O2/c1-17(2)12-8-9-14(16-19)13(10-12)15(18)11-6-4-3-5-7-11/h3-10H,1-2H3. The van der Waals surface area contributed by atoms with E-state index in [2.05, 4.69) is 5.18 Å². The Morgan fingerprint density at radius 3 is 2.32 bits per heavy atom. The summed E-state index contributed by atoms with van der Waals surface area (Å²) >= 11 is 0. The number of hydrogen-bond donors (Lipinski definition) is 0. The Morgan fingerprint density at radius 1 is 1.05 bits per heavy atom. The number of benzene rings is 2. The zero-order valence-corrected chi connectivity index (χ0v) is 10.8. The van der Waals surface area contributed by atoms with E-state index in [4.69, 9.17) is 0 Å². The van der Waals surface area contributed by atoms with Gasteiger partial charge in [-0.3, -0.25) is 4.79 Å². The molecule has 0 amide bonds. The molecule has 0 aliphatic carbocycles. The molecule has 0 unspecified atom stereocenters. The molecule has 2 aromatic carbocycles. The van der Waals surface area contributed by atoms with Gasteiger partial charge in [-0.1, -0.05) is 30.3 Å². The van der Waals surface area contributed by atoms with Crippen LogP contribution in [0.3, 0.4) is 0 Å². The van der Waals surface area contributed by atoms with Gasteiger partial charge < -0.3 is 4.90 Å². The molecule has 0 aliphatic heterocycles. The highest BCUT2D eigenvalue weighted by Crippen LogP contribution is 2.26. The number of rotatable bonds is 4. The highest BCUT2D eigenvalue weighted by molar-refractivity contribution is 6.12. The number of nitrogens with zero attached hydrogens (tertiary/aromatic N) is 2. The quantitative estimate of drug-likeness (QED) is 0.620. The first kappa shape index (κ1) is 13.0. The molecule has 2 rings (SSSR count). The molecule has 0 N–H and O–H groups in total. The predicted molar refractivity (Wildman–Crippen MR) is 76.1 cm³/mol. The summed E-state index contributed by atoms with van der Waals surface area (Å²) in [6, 6.07) is 13.9. The third-order valence-corrected chi connectivity index (χ3v) is 2.88. The molecule has 0 radical (unpaired) electrons. The molecule has 96 valence electrons. The minimum Gasteiger partial charge on any atom is -0.378 e. The van der Waals surface area contributed by atoms with Crippen LogP contribution in [-0.2, 0) is 0 Å². The molecule has 4 heteroatoms. The van der Waals surface area contributed by atoms with Crippen LogP contribution in [0.4, 0.5) is 11.4 Å². The Bertz CT molecular complexity index is 607. The van der Waals surface area contributed by atoms with Crippen molar-refractivity contribution in [3.63, 3.8) is 0 Å². The lowest BCUT2D eigenvalue weighted by Gasteiger charge is -2.14. The molecule has 4 nitrogen and oxygen atoms in total. The van der Waals surface area contributed by atoms with E-state index in [1.807, 2.05) is 25.1 Å². The number of ketones is 1. The van der Waals surface area contributed by atoms with Crippen LogP contribution in [0.2, 0.25) is 0 Å². The van der Waals surface area contributed by atoms with Gasteiger partial charge in [-0.15, -0.1) is 4.91 Å². The molecule has 0 saturated carbocycles. The topological polar surface area (TPSA) is 49.7 Å². The second kappa shape index (κ2) is 5.44. The fourth-order valence-corrected chi connectivity index (χ4v) is 1.81. The predicted octanol–water partition coefficient (Wildman–Crippen LogP) is 3.38. The number of anilines is 1. The van der Waals surface area contributed by atoms with Gasteiger partial charge in [0.15, 0.2) is 5.78 Å². The van der Waals surface area contributed by atoms with Gasteiger partial charge in [0.2, 0.25) is 0 Å². The smallest absolute Gasteiger partial charge is 0.195 e. The van der Waals surface area contributed by atoms with Crippen LogP contribution in [0.25, 0.3) is 0 Å². The van der Waals surface area contributed by atoms with E-state index >= 15 is 0 Å². The van der Waals surface area contributed by atoms with Crippen LogP contribution in [0.15, 0.2) is 53.7 Å². The summed E-state index contributed by atoms with van der Waals surface area (Å²) in [5.74, 6) is -0.195. The van der Waals surface area contributed by atoms with Gasteiger partial charge in [-0.25, -0.2) is 0 Å². The Labute approximate surface area is 111 Å². The van der Waals surface area contributed by atoms with Crippen molar-refractivity contribution in [2.75, 3.05) is 19.0 Å². The minimum atomic E-state index is -0.195. The second-order valence-corrected chi connectivity index (χ2v) is 4.38. The van der Waals surface area contributed by atoms with Gasteiger partial charge in [0.1, 0.15) is 5.69 Å². The molecule has 0 atom stereocenters. The third kappa shape index (κ3) is 2.68. The van der Waals surface area contributed by atoms with Crippen molar-refractivity contribution < 1.29 is 4.79 Å². The first-order chi connectivity index (χ1) is 9.13. The minimum absolute atomic E-state index is 0.166. The van der Waals surface area contributed by atoms with Crippen LogP contribution < -0.4 is 4.90 Å². The summed E-state index contributed by atoms with van der Waals surface area (Å²) < 4.78 is 0. The van der Waals surface area contributed by atoms with Gasteiger partial charge in [0.25, 0.3) is 0 Å². The molecule has 0 spiro atoms. The maximum Gasteiger partial charge on any atom is 0.195 e. The number of nitroso groups, excluding NO2 is 1. The second-order valence-electron chi connectivity index (χ2n) is 4.38. The third-order valence-electron chi connectivity index (χ3n) is 2.88. The molecular formula is C15H14N2O2. The normalized spacial score (nSPS) is 10.0. The summed E-state index contributed by atoms with van der Waals surface area (Å²) in [5.41, 5.74) is 1.89. The first-order valence-corrected chi connectivity index (χ1v) is 5.88. The van der Waals surface area contributed by atoms with E-state index in [1.54, 1.807) is 42.5 Å². The van der Waals surface area contributed by atoms with Crippen molar-refractivity contribution in [2.24, 2.45) is 5.18 Å². The maximum atomic E-state index is 12.4. The van der Waals surface area contributed by atoms with Crippen LogP contribution in [0, 0.1) is 4.91 Å². The summed E-state index contributed by atoms with van der Waals surface area (Å²) in [5, 5.41) is 2.93. The van der Waals surface area contributed by atoms with Gasteiger partial charge in [-0.2, -0.15) is 0 Å². The molecule has 0 aromatic heterocycles. The monoisotopic (exact) mass is 254 g/mol. The summed E-state index contributed by atoms with van der Waals surface area (Å²) in [7, 11) is 3.75. The molecule has 2 aromatic rings. The first-order valence-electron chi connectivity index (χ1n) is 5.88. The lowest BCUT2D eigenvalue weighted by molar-refractivity contribution is 0.103. The molecule has 0 bridgehead atoms. The summed E-state index contributed by atoms with van der Waals surface area (Å²) in [6.07, 6.45) is 0. The zero-order valence-electron chi connectivity index (χ0n) is 10.8. The average Bonchev–Trinajstić information content (AvgIpc) is 2.46. The largest absolute Gasteiger partial charge is 0.378 e. The van der Waals surface area contributed by atoms with Gasteiger partial charge >= 0.3 is 0 Å². The SMILES string of the molecule is CN(C)c1ccc(N=O)c(C(=O)c2ccccc2)c1. The molecule has 0 fully saturated rings. The van der Waals surface area contributed by atoms with E-state index in [9.17, 15) is 9.70 Å². The molecule has 19 heavy (non-hydrogen) atoms. The van der Waals surface area contributed by atoms with E-state index in [0.29, 0.717) is 11.1 Å². The van der Waals surface area contributed by atoms with E-state index < -0.39 is 0 Å². The van der Waals surface area contributed by atoms with Crippen molar-refractivity contribution >= 4 is 17.2 Å². The molecule has 0 aliphatic rings. The number of carbonyl (C=O) groups is 1. The van der Waals surface area contributed by atoms with Gasteiger partial charge in [0, 0.05) is 25.3 Å². The van der Waals surface area contributed by atoms with Crippen molar-refractivity contribution in [3.8, 4) is 0 Å². The van der Waals surface area contributed by atoms with Crippen LogP contribution in [-0.4, -0.2) is 19.9 Å². The van der Waals surface area contributed by atoms with E-state index in [0.717, 1.165) is 5.69 Å². The Hall–Kier alpha value is -2.49. The summed E-state index contributed by atoms with van der Waals surface area (Å²) in [6.45, 7) is 0. The fourth-order valence-electron chi connectivity index (χ4n) is 1.81. The Morgan fingerprint density at radius 2 is 1.74 bits per heavy atom. The maximum absolute atomic E-state index is 12.4. The van der Waals surface area contributed by atoms with Crippen molar-refractivity contribution in [1.29, 1.82) is 0 Å². The summed E-state index contributed by atoms with van der Waals surface area (Å²) in [4.78, 5) is 25.1. The van der Waals surface area contributed by atoms with E-state index in [-0.39, 0.29) is 11.5 Å². The molecular weight excluding hydrogens is 240 g/mol. The van der Waals surface area contributed by atoms with Crippen molar-refractivity contribution in [1.82, 2.24) is 0 Å². The Balaban J connectivity index is 2.51. The number of hydrogen-bond acceptors (Lipinski definition) is 4. The van der Waals surface area contributed by atoms with Crippen LogP contribution in [0.1, 0.15) is 15.9 Å². The zero-order chi connectivity index (χ0) is 13.8. The fraction of sp³-hybridized carbons (Fsp3) is 0.133. The van der Waals surface area contributed by atoms with E-state index in [1.165, 1.54) is 0 Å². The van der Waals surface area contributed by atoms with Crippen LogP contribution >= 0.6 is 0 Å². The Kier molecular flexibility index (Phi) is 3.71. The van der Waals surface area contributed by atoms with Gasteiger partial charge in [0.05, 0.1) is 5.56 Å². The lowest BCUT2D eigenvalue weighted by atomic mass is 10.0. The van der Waals surface area contributed by atoms with Crippen molar-refractivity contribution in [2.45, 2.75) is 0 Å². The highest BCUT2D eigenvalue weighted by atomic mass is 16.3. The van der Waals surface area contributed by atoms with Crippen LogP contribution in [0.5, 0.6) is 0 Å². The van der Waals surface area contributed by atoms with Crippen molar-refractivity contribution in [3.05, 3.63) is 64.6 Å².